The number of methoxy groups -OCH3 is 1. The average Bonchev–Trinajstić information content (AvgIpc) is 2.71. The fourth-order valence-electron chi connectivity index (χ4n) is 3.39. The number of hydrogen-bond donors (Lipinski definition) is 2. The van der Waals surface area contributed by atoms with E-state index in [2.05, 4.69) is 55.7 Å². The lowest BCUT2D eigenvalue weighted by atomic mass is 10.0. The van der Waals surface area contributed by atoms with E-state index in [0.717, 1.165) is 57.8 Å². The molecular formula is C22H36N4O2. The first kappa shape index (κ1) is 22.1. The molecule has 1 fully saturated rings. The summed E-state index contributed by atoms with van der Waals surface area (Å²) in [7, 11) is 1.43. The minimum atomic E-state index is -0.236. The van der Waals surface area contributed by atoms with Crippen molar-refractivity contribution in [1.29, 1.82) is 0 Å². The number of nitrogens with one attached hydrogen (secondary N) is 2. The number of hydrogen-bond acceptors (Lipinski definition) is 3. The van der Waals surface area contributed by atoms with E-state index in [4.69, 9.17) is 9.73 Å². The monoisotopic (exact) mass is 388 g/mol. The number of carbonyl (C=O) groups is 1. The molecule has 0 radical (unpaired) electrons. The largest absolute Gasteiger partial charge is 0.453 e. The van der Waals surface area contributed by atoms with Gasteiger partial charge in [-0.25, -0.2) is 4.79 Å². The highest BCUT2D eigenvalue weighted by molar-refractivity contribution is 5.80. The Kier molecular flexibility index (Phi) is 9.11. The van der Waals surface area contributed by atoms with Crippen LogP contribution in [0.1, 0.15) is 57.1 Å². The van der Waals surface area contributed by atoms with Crippen LogP contribution in [0.5, 0.6) is 0 Å². The highest BCUT2D eigenvalue weighted by atomic mass is 16.5. The maximum Gasteiger partial charge on any atom is 0.409 e. The van der Waals surface area contributed by atoms with Crippen LogP contribution >= 0.6 is 0 Å². The number of benzene rings is 1. The first-order valence-corrected chi connectivity index (χ1v) is 10.5. The normalized spacial score (nSPS) is 15.6. The molecule has 0 aliphatic carbocycles. The summed E-state index contributed by atoms with van der Waals surface area (Å²) in [5, 5.41) is 6.84. The fraction of sp³-hybridized carbons (Fsp3) is 0.636. The minimum absolute atomic E-state index is 0.236. The molecule has 6 heteroatoms. The highest BCUT2D eigenvalue weighted by Gasteiger charge is 2.23. The minimum Gasteiger partial charge on any atom is -0.453 e. The first-order valence-electron chi connectivity index (χ1n) is 10.5. The van der Waals surface area contributed by atoms with Gasteiger partial charge in [-0.3, -0.25) is 4.99 Å². The lowest BCUT2D eigenvalue weighted by Crippen LogP contribution is -2.49. The van der Waals surface area contributed by atoms with Crippen LogP contribution in [0.4, 0.5) is 4.79 Å². The number of likely N-dealkylation sites (tertiary alicyclic amines) is 1. The molecule has 0 spiro atoms. The second-order valence-corrected chi connectivity index (χ2v) is 7.64. The summed E-state index contributed by atoms with van der Waals surface area (Å²) in [5.74, 6) is 1.45. The van der Waals surface area contributed by atoms with Crippen molar-refractivity contribution in [3.63, 3.8) is 0 Å². The van der Waals surface area contributed by atoms with E-state index in [1.807, 2.05) is 0 Å². The van der Waals surface area contributed by atoms with Crippen molar-refractivity contribution in [2.24, 2.45) is 4.99 Å². The Labute approximate surface area is 169 Å². The van der Waals surface area contributed by atoms with Gasteiger partial charge in [-0.2, -0.15) is 0 Å². The molecule has 0 saturated carbocycles. The number of rotatable bonds is 7. The molecule has 0 aromatic heterocycles. The zero-order valence-corrected chi connectivity index (χ0v) is 17.8. The van der Waals surface area contributed by atoms with Crippen LogP contribution in [-0.2, 0) is 11.2 Å². The van der Waals surface area contributed by atoms with Gasteiger partial charge in [0.2, 0.25) is 0 Å². The zero-order chi connectivity index (χ0) is 20.4. The summed E-state index contributed by atoms with van der Waals surface area (Å²) in [4.78, 5) is 18.1. The Morgan fingerprint density at radius 2 is 1.93 bits per heavy atom. The third-order valence-corrected chi connectivity index (χ3v) is 5.15. The van der Waals surface area contributed by atoms with Crippen LogP contribution in [0.3, 0.4) is 0 Å². The number of carbonyl (C=O) groups excluding carboxylic acids is 1. The van der Waals surface area contributed by atoms with E-state index in [-0.39, 0.29) is 6.09 Å². The van der Waals surface area contributed by atoms with Gasteiger partial charge >= 0.3 is 6.09 Å². The second kappa shape index (κ2) is 11.6. The number of nitrogens with zero attached hydrogens (tertiary/aromatic N) is 2. The predicted octanol–water partition coefficient (Wildman–Crippen LogP) is 3.53. The Hall–Kier alpha value is -2.24. The smallest absolute Gasteiger partial charge is 0.409 e. The Morgan fingerprint density at radius 1 is 1.25 bits per heavy atom. The molecule has 2 rings (SSSR count). The van der Waals surface area contributed by atoms with Gasteiger partial charge in [0.25, 0.3) is 0 Å². The fourth-order valence-corrected chi connectivity index (χ4v) is 3.39. The number of amides is 1. The summed E-state index contributed by atoms with van der Waals surface area (Å²) >= 11 is 0. The van der Waals surface area contributed by atoms with Gasteiger partial charge in [0.15, 0.2) is 5.96 Å². The Bertz CT molecular complexity index is 620. The number of ether oxygens (including phenoxy) is 1. The van der Waals surface area contributed by atoms with Crippen molar-refractivity contribution in [2.75, 3.05) is 33.3 Å². The van der Waals surface area contributed by atoms with E-state index in [0.29, 0.717) is 12.0 Å². The average molecular weight is 389 g/mol. The molecule has 156 valence electrons. The van der Waals surface area contributed by atoms with E-state index < -0.39 is 0 Å². The van der Waals surface area contributed by atoms with E-state index in [1.165, 1.54) is 18.2 Å². The van der Waals surface area contributed by atoms with E-state index >= 15 is 0 Å². The summed E-state index contributed by atoms with van der Waals surface area (Å²) in [5.41, 5.74) is 2.76. The number of aliphatic imine (C=N–C) groups is 1. The van der Waals surface area contributed by atoms with Gasteiger partial charge < -0.3 is 20.3 Å². The molecule has 6 nitrogen and oxygen atoms in total. The summed E-state index contributed by atoms with van der Waals surface area (Å²) < 4.78 is 4.80. The summed E-state index contributed by atoms with van der Waals surface area (Å²) in [6, 6.07) is 9.27. The molecule has 0 bridgehead atoms. The van der Waals surface area contributed by atoms with Gasteiger partial charge in [0.1, 0.15) is 0 Å². The number of piperidine rings is 1. The van der Waals surface area contributed by atoms with Gasteiger partial charge in [0, 0.05) is 32.2 Å². The number of guanidine groups is 1. The first-order chi connectivity index (χ1) is 13.5. The quantitative estimate of drug-likeness (QED) is 0.426. The van der Waals surface area contributed by atoms with Crippen molar-refractivity contribution in [2.45, 2.75) is 58.4 Å². The van der Waals surface area contributed by atoms with Crippen LogP contribution in [0.2, 0.25) is 0 Å². The van der Waals surface area contributed by atoms with Crippen molar-refractivity contribution in [3.8, 4) is 0 Å². The zero-order valence-electron chi connectivity index (χ0n) is 17.8. The Balaban J connectivity index is 1.76. The molecule has 1 saturated heterocycles. The highest BCUT2D eigenvalue weighted by Crippen LogP contribution is 2.15. The van der Waals surface area contributed by atoms with Crippen molar-refractivity contribution in [3.05, 3.63) is 35.4 Å². The maximum atomic E-state index is 11.6. The molecule has 2 N–H and O–H groups in total. The van der Waals surface area contributed by atoms with Gasteiger partial charge in [0.05, 0.1) is 7.11 Å². The van der Waals surface area contributed by atoms with E-state index in [9.17, 15) is 4.79 Å². The van der Waals surface area contributed by atoms with Crippen molar-refractivity contribution < 1.29 is 9.53 Å². The van der Waals surface area contributed by atoms with Crippen LogP contribution in [0.25, 0.3) is 0 Å². The molecule has 0 unspecified atom stereocenters. The van der Waals surface area contributed by atoms with Crippen LogP contribution < -0.4 is 10.6 Å². The maximum absolute atomic E-state index is 11.6. The molecule has 1 aromatic carbocycles. The van der Waals surface area contributed by atoms with Gasteiger partial charge in [-0.1, -0.05) is 38.1 Å². The topological polar surface area (TPSA) is 66.0 Å². The molecular weight excluding hydrogens is 352 g/mol. The van der Waals surface area contributed by atoms with Gasteiger partial charge in [-0.05, 0) is 49.7 Å². The molecule has 1 aliphatic heterocycles. The lowest BCUT2D eigenvalue weighted by molar-refractivity contribution is 0.111. The molecule has 1 aliphatic rings. The SMILES string of the molecule is CCNC(=NCCCc1ccc(C(C)C)cc1)NC1CCN(C(=O)OC)CC1. The predicted molar refractivity (Wildman–Crippen MR) is 115 cm³/mol. The summed E-state index contributed by atoms with van der Waals surface area (Å²) in [6.45, 7) is 9.59. The molecule has 1 aromatic rings. The molecule has 1 amide bonds. The third-order valence-electron chi connectivity index (χ3n) is 5.15. The Morgan fingerprint density at radius 3 is 2.50 bits per heavy atom. The molecule has 0 atom stereocenters. The van der Waals surface area contributed by atoms with Crippen LogP contribution in [-0.4, -0.2) is 56.3 Å². The summed E-state index contributed by atoms with van der Waals surface area (Å²) in [6.07, 6.45) is 3.64. The van der Waals surface area contributed by atoms with Crippen molar-refractivity contribution in [1.82, 2.24) is 15.5 Å². The van der Waals surface area contributed by atoms with Gasteiger partial charge in [-0.15, -0.1) is 0 Å². The second-order valence-electron chi connectivity index (χ2n) is 7.64. The standard InChI is InChI=1S/C22H36N4O2/c1-5-23-21(25-20-12-15-26(16-13-20)22(27)28-4)24-14-6-7-18-8-10-19(11-9-18)17(2)3/h8-11,17,20H,5-7,12-16H2,1-4H3,(H2,23,24,25). The van der Waals surface area contributed by atoms with E-state index in [1.54, 1.807) is 4.90 Å². The van der Waals surface area contributed by atoms with Crippen LogP contribution in [0, 0.1) is 0 Å². The molecule has 28 heavy (non-hydrogen) atoms. The third kappa shape index (κ3) is 7.06. The lowest BCUT2D eigenvalue weighted by Gasteiger charge is -2.32. The van der Waals surface area contributed by atoms with Crippen molar-refractivity contribution >= 4 is 12.1 Å². The van der Waals surface area contributed by atoms with Crippen LogP contribution in [0.15, 0.2) is 29.3 Å². The number of aryl methyl sites for hydroxylation is 1. The molecule has 1 heterocycles.